The van der Waals surface area contributed by atoms with Gasteiger partial charge in [-0.15, -0.1) is 0 Å². The fourth-order valence-electron chi connectivity index (χ4n) is 4.14. The number of amides is 1. The summed E-state index contributed by atoms with van der Waals surface area (Å²) >= 11 is 0. The van der Waals surface area contributed by atoms with Gasteiger partial charge in [-0.05, 0) is 49.8 Å². The average molecular weight is 356 g/mol. The van der Waals surface area contributed by atoms with Crippen molar-refractivity contribution < 1.29 is 4.79 Å². The lowest BCUT2D eigenvalue weighted by Crippen LogP contribution is -2.39. The van der Waals surface area contributed by atoms with Crippen LogP contribution in [0.1, 0.15) is 61.0 Å². The molecule has 7 heteroatoms. The van der Waals surface area contributed by atoms with E-state index in [1.807, 2.05) is 28.8 Å². The monoisotopic (exact) mass is 356 g/mol. The number of imidazole rings is 1. The Morgan fingerprint density at radius 3 is 2.81 bits per heavy atom. The van der Waals surface area contributed by atoms with Gasteiger partial charge in [0, 0.05) is 31.2 Å². The van der Waals surface area contributed by atoms with E-state index >= 15 is 0 Å². The molecule has 4 rings (SSSR count). The molecular weight excluding hydrogens is 328 g/mol. The zero-order valence-electron chi connectivity index (χ0n) is 15.8. The lowest BCUT2D eigenvalue weighted by molar-refractivity contribution is 0.0679. The van der Waals surface area contributed by atoms with Crippen LogP contribution in [0.15, 0.2) is 18.5 Å². The van der Waals surface area contributed by atoms with Crippen LogP contribution in [0, 0.1) is 5.41 Å². The predicted octanol–water partition coefficient (Wildman–Crippen LogP) is 2.05. The normalized spacial score (nSPS) is 21.3. The Hall–Kier alpha value is -2.15. The van der Waals surface area contributed by atoms with Crippen LogP contribution in [0.4, 0.5) is 0 Å². The molecule has 0 aromatic carbocycles. The van der Waals surface area contributed by atoms with Crippen LogP contribution in [-0.2, 0) is 13.6 Å². The zero-order chi connectivity index (χ0) is 18.3. The van der Waals surface area contributed by atoms with E-state index < -0.39 is 0 Å². The fraction of sp³-hybridized carbons (Fsp3) is 0.632. The molecular formula is C19H28N6O. The van der Waals surface area contributed by atoms with E-state index in [1.54, 1.807) is 6.20 Å². The summed E-state index contributed by atoms with van der Waals surface area (Å²) in [6, 6.07) is 2.18. The number of hydrogen-bond donors (Lipinski definition) is 2. The van der Waals surface area contributed by atoms with Crippen molar-refractivity contribution in [3.05, 3.63) is 35.7 Å². The number of aromatic amines is 1. The van der Waals surface area contributed by atoms with Gasteiger partial charge in [0.05, 0.1) is 6.54 Å². The molecule has 0 radical (unpaired) electrons. The number of nitrogens with one attached hydrogen (secondary N) is 2. The molecule has 1 aliphatic heterocycles. The number of carbonyl (C=O) groups excluding carboxylic acids is 1. The Balaban J connectivity index is 1.59. The second-order valence-corrected chi connectivity index (χ2v) is 8.08. The topological polar surface area (TPSA) is 78.8 Å². The second kappa shape index (κ2) is 6.54. The third kappa shape index (κ3) is 3.05. The summed E-state index contributed by atoms with van der Waals surface area (Å²) in [7, 11) is 1.98. The molecule has 2 aromatic rings. The highest BCUT2D eigenvalue weighted by atomic mass is 16.2. The minimum absolute atomic E-state index is 0.0107. The van der Waals surface area contributed by atoms with E-state index in [1.165, 1.54) is 0 Å². The molecule has 1 spiro atoms. The van der Waals surface area contributed by atoms with E-state index in [0.29, 0.717) is 18.2 Å². The van der Waals surface area contributed by atoms with E-state index in [0.717, 1.165) is 43.9 Å². The van der Waals surface area contributed by atoms with Crippen molar-refractivity contribution >= 4 is 5.91 Å². The molecule has 1 atom stereocenters. The zero-order valence-corrected chi connectivity index (χ0v) is 15.8. The SMILES string of the molecule is CC(C)c1cc(C(=O)N(Cc2nccn2C)C2CC23CCNCC3)n[nH]1. The van der Waals surface area contributed by atoms with E-state index in [2.05, 4.69) is 34.3 Å². The van der Waals surface area contributed by atoms with E-state index in [-0.39, 0.29) is 17.4 Å². The molecule has 26 heavy (non-hydrogen) atoms. The van der Waals surface area contributed by atoms with Gasteiger partial charge in [0.1, 0.15) is 11.5 Å². The lowest BCUT2D eigenvalue weighted by Gasteiger charge is -2.29. The standard InChI is InChI=1S/C19H28N6O/c1-13(2)14-10-15(23-22-14)18(26)25(12-17-21-8-9-24(17)3)16-11-19(16)4-6-20-7-5-19/h8-10,13,16,20H,4-7,11-12H2,1-3H3,(H,22,23). The van der Waals surface area contributed by atoms with Gasteiger partial charge < -0.3 is 14.8 Å². The van der Waals surface area contributed by atoms with Crippen LogP contribution in [0.5, 0.6) is 0 Å². The maximum absolute atomic E-state index is 13.3. The second-order valence-electron chi connectivity index (χ2n) is 8.08. The van der Waals surface area contributed by atoms with Crippen LogP contribution in [0.3, 0.4) is 0 Å². The van der Waals surface area contributed by atoms with Crippen molar-refractivity contribution in [1.82, 2.24) is 30.0 Å². The summed E-state index contributed by atoms with van der Waals surface area (Å²) in [6.45, 7) is 6.81. The molecule has 1 saturated heterocycles. The van der Waals surface area contributed by atoms with Crippen molar-refractivity contribution in [2.75, 3.05) is 13.1 Å². The molecule has 7 nitrogen and oxygen atoms in total. The van der Waals surface area contributed by atoms with Gasteiger partial charge in [-0.3, -0.25) is 9.89 Å². The number of H-pyrrole nitrogens is 1. The summed E-state index contributed by atoms with van der Waals surface area (Å²) in [5.74, 6) is 1.24. The first-order valence-corrected chi connectivity index (χ1v) is 9.53. The van der Waals surface area contributed by atoms with Crippen molar-refractivity contribution in [2.24, 2.45) is 12.5 Å². The first kappa shape index (κ1) is 17.3. The number of piperidine rings is 1. The highest BCUT2D eigenvalue weighted by Gasteiger charge is 2.58. The fourth-order valence-corrected chi connectivity index (χ4v) is 4.14. The van der Waals surface area contributed by atoms with Gasteiger partial charge in [-0.25, -0.2) is 4.98 Å². The third-order valence-electron chi connectivity index (χ3n) is 6.05. The number of carbonyl (C=O) groups is 1. The molecule has 1 saturated carbocycles. The number of rotatable bonds is 5. The van der Waals surface area contributed by atoms with Gasteiger partial charge in [-0.1, -0.05) is 13.8 Å². The Morgan fingerprint density at radius 2 is 2.19 bits per heavy atom. The summed E-state index contributed by atoms with van der Waals surface area (Å²) in [6.07, 6.45) is 7.08. The van der Waals surface area contributed by atoms with E-state index in [9.17, 15) is 4.79 Å². The molecule has 1 aliphatic carbocycles. The van der Waals surface area contributed by atoms with Gasteiger partial charge in [-0.2, -0.15) is 5.10 Å². The Labute approximate surface area is 154 Å². The summed E-state index contributed by atoms with van der Waals surface area (Å²) < 4.78 is 1.99. The summed E-state index contributed by atoms with van der Waals surface area (Å²) in [5, 5.41) is 10.7. The quantitative estimate of drug-likeness (QED) is 0.859. The molecule has 2 N–H and O–H groups in total. The summed E-state index contributed by atoms with van der Waals surface area (Å²) in [4.78, 5) is 19.8. The Bertz CT molecular complexity index is 786. The van der Waals surface area contributed by atoms with Crippen LogP contribution >= 0.6 is 0 Å². The lowest BCUT2D eigenvalue weighted by atomic mass is 9.93. The van der Waals surface area contributed by atoms with Crippen LogP contribution < -0.4 is 5.32 Å². The van der Waals surface area contributed by atoms with Gasteiger partial charge in [0.15, 0.2) is 0 Å². The molecule has 2 fully saturated rings. The average Bonchev–Trinajstić information content (AvgIpc) is 3.01. The van der Waals surface area contributed by atoms with Crippen molar-refractivity contribution in [1.29, 1.82) is 0 Å². The Kier molecular flexibility index (Phi) is 4.34. The number of aryl methyl sites for hydroxylation is 1. The molecule has 1 unspecified atom stereocenters. The van der Waals surface area contributed by atoms with Crippen molar-refractivity contribution in [2.45, 2.75) is 51.6 Å². The minimum Gasteiger partial charge on any atom is -0.337 e. The largest absolute Gasteiger partial charge is 0.337 e. The van der Waals surface area contributed by atoms with Gasteiger partial charge >= 0.3 is 0 Å². The first-order chi connectivity index (χ1) is 12.5. The molecule has 0 bridgehead atoms. The highest BCUT2D eigenvalue weighted by molar-refractivity contribution is 5.93. The molecule has 2 aromatic heterocycles. The maximum Gasteiger partial charge on any atom is 0.275 e. The van der Waals surface area contributed by atoms with Crippen LogP contribution in [0.25, 0.3) is 0 Å². The number of nitrogens with zero attached hydrogens (tertiary/aromatic N) is 4. The van der Waals surface area contributed by atoms with Crippen molar-refractivity contribution in [3.8, 4) is 0 Å². The van der Waals surface area contributed by atoms with Gasteiger partial charge in [0.25, 0.3) is 5.91 Å². The third-order valence-corrected chi connectivity index (χ3v) is 6.05. The number of aromatic nitrogens is 4. The molecule has 3 heterocycles. The predicted molar refractivity (Wildman–Crippen MR) is 98.7 cm³/mol. The summed E-state index contributed by atoms with van der Waals surface area (Å²) in [5.41, 5.74) is 1.79. The van der Waals surface area contributed by atoms with Crippen LogP contribution in [0.2, 0.25) is 0 Å². The highest BCUT2D eigenvalue weighted by Crippen LogP contribution is 2.56. The van der Waals surface area contributed by atoms with Crippen molar-refractivity contribution in [3.63, 3.8) is 0 Å². The number of hydrogen-bond acceptors (Lipinski definition) is 4. The Morgan fingerprint density at radius 1 is 1.42 bits per heavy atom. The smallest absolute Gasteiger partial charge is 0.275 e. The maximum atomic E-state index is 13.3. The molecule has 140 valence electrons. The first-order valence-electron chi connectivity index (χ1n) is 9.53. The van der Waals surface area contributed by atoms with Gasteiger partial charge in [0.2, 0.25) is 0 Å². The molecule has 2 aliphatic rings. The van der Waals surface area contributed by atoms with E-state index in [4.69, 9.17) is 0 Å². The van der Waals surface area contributed by atoms with Crippen LogP contribution in [-0.4, -0.2) is 49.7 Å². The minimum atomic E-state index is 0.0107. The molecule has 1 amide bonds.